The van der Waals surface area contributed by atoms with Gasteiger partial charge in [-0.3, -0.25) is 9.69 Å². The molecule has 5 nitrogen and oxygen atoms in total. The number of hydrogen-bond donors (Lipinski definition) is 0. The Morgan fingerprint density at radius 3 is 2.36 bits per heavy atom. The van der Waals surface area contributed by atoms with Gasteiger partial charge in [0.2, 0.25) is 5.91 Å². The molecule has 1 saturated heterocycles. The standard InChI is InChI=1S/C23H28N2O3/c1-18-4-10-22(28-3)20(16-18)7-11-23(26)25-14-12-24(13-15-25)17-19-5-8-21(27-2)9-6-19/h4-11,16H,12-15,17H2,1-3H3/b11-7+. The lowest BCUT2D eigenvalue weighted by Crippen LogP contribution is -2.47. The molecule has 0 saturated carbocycles. The molecule has 1 heterocycles. The Bertz CT molecular complexity index is 822. The van der Waals surface area contributed by atoms with Crippen LogP contribution in [0.2, 0.25) is 0 Å². The molecule has 3 rings (SSSR count). The van der Waals surface area contributed by atoms with Gasteiger partial charge in [-0.05, 0) is 42.8 Å². The fourth-order valence-electron chi connectivity index (χ4n) is 3.37. The lowest BCUT2D eigenvalue weighted by Gasteiger charge is -2.34. The molecular weight excluding hydrogens is 352 g/mol. The molecular formula is C23H28N2O3. The first kappa shape index (κ1) is 20.0. The number of nitrogens with zero attached hydrogens (tertiary/aromatic N) is 2. The highest BCUT2D eigenvalue weighted by molar-refractivity contribution is 5.92. The van der Waals surface area contributed by atoms with Crippen molar-refractivity contribution < 1.29 is 14.3 Å². The summed E-state index contributed by atoms with van der Waals surface area (Å²) in [5, 5.41) is 0. The second kappa shape index (κ2) is 9.42. The molecule has 1 aliphatic heterocycles. The summed E-state index contributed by atoms with van der Waals surface area (Å²) in [4.78, 5) is 16.8. The van der Waals surface area contributed by atoms with Crippen LogP contribution >= 0.6 is 0 Å². The van der Waals surface area contributed by atoms with Crippen molar-refractivity contribution in [1.29, 1.82) is 0 Å². The van der Waals surface area contributed by atoms with Crippen LogP contribution in [0.4, 0.5) is 0 Å². The van der Waals surface area contributed by atoms with Crippen molar-refractivity contribution in [3.05, 3.63) is 65.2 Å². The first-order chi connectivity index (χ1) is 13.6. The van der Waals surface area contributed by atoms with E-state index in [0.717, 1.165) is 55.3 Å². The van der Waals surface area contributed by atoms with Gasteiger partial charge in [-0.2, -0.15) is 0 Å². The van der Waals surface area contributed by atoms with E-state index in [0.29, 0.717) is 0 Å². The van der Waals surface area contributed by atoms with Crippen LogP contribution in [0.1, 0.15) is 16.7 Å². The number of aryl methyl sites for hydroxylation is 1. The van der Waals surface area contributed by atoms with Gasteiger partial charge in [0, 0.05) is 44.4 Å². The van der Waals surface area contributed by atoms with Crippen LogP contribution in [-0.2, 0) is 11.3 Å². The third-order valence-electron chi connectivity index (χ3n) is 5.04. The van der Waals surface area contributed by atoms with E-state index in [2.05, 4.69) is 17.0 Å². The van der Waals surface area contributed by atoms with Crippen molar-refractivity contribution in [2.24, 2.45) is 0 Å². The van der Waals surface area contributed by atoms with Crippen molar-refractivity contribution in [2.75, 3.05) is 40.4 Å². The van der Waals surface area contributed by atoms with E-state index in [1.165, 1.54) is 5.56 Å². The quantitative estimate of drug-likeness (QED) is 0.721. The van der Waals surface area contributed by atoms with Gasteiger partial charge < -0.3 is 14.4 Å². The Balaban J connectivity index is 1.52. The maximum absolute atomic E-state index is 12.6. The Kier molecular flexibility index (Phi) is 6.71. The molecule has 1 aliphatic rings. The number of benzene rings is 2. The van der Waals surface area contributed by atoms with Gasteiger partial charge in [0.25, 0.3) is 0 Å². The van der Waals surface area contributed by atoms with E-state index < -0.39 is 0 Å². The monoisotopic (exact) mass is 380 g/mol. The van der Waals surface area contributed by atoms with Crippen LogP contribution < -0.4 is 9.47 Å². The molecule has 0 unspecified atom stereocenters. The van der Waals surface area contributed by atoms with Crippen LogP contribution in [0, 0.1) is 6.92 Å². The molecule has 0 aliphatic carbocycles. The Morgan fingerprint density at radius 1 is 1.00 bits per heavy atom. The first-order valence-electron chi connectivity index (χ1n) is 9.56. The maximum Gasteiger partial charge on any atom is 0.246 e. The number of rotatable bonds is 6. The van der Waals surface area contributed by atoms with Gasteiger partial charge in [0.05, 0.1) is 14.2 Å². The summed E-state index contributed by atoms with van der Waals surface area (Å²) < 4.78 is 10.6. The number of carbonyl (C=O) groups is 1. The highest BCUT2D eigenvalue weighted by atomic mass is 16.5. The fraction of sp³-hybridized carbons (Fsp3) is 0.348. The van der Waals surface area contributed by atoms with E-state index in [1.807, 2.05) is 48.2 Å². The number of piperazine rings is 1. The third-order valence-corrected chi connectivity index (χ3v) is 5.04. The van der Waals surface area contributed by atoms with E-state index in [1.54, 1.807) is 20.3 Å². The van der Waals surface area contributed by atoms with Crippen molar-refractivity contribution >= 4 is 12.0 Å². The molecule has 0 bridgehead atoms. The van der Waals surface area contributed by atoms with Gasteiger partial charge in [0.15, 0.2) is 0 Å². The van der Waals surface area contributed by atoms with Crippen LogP contribution in [0.25, 0.3) is 6.08 Å². The zero-order valence-corrected chi connectivity index (χ0v) is 16.9. The van der Waals surface area contributed by atoms with Crippen molar-refractivity contribution in [3.8, 4) is 11.5 Å². The van der Waals surface area contributed by atoms with Gasteiger partial charge in [-0.25, -0.2) is 0 Å². The lowest BCUT2D eigenvalue weighted by molar-refractivity contribution is -0.127. The predicted octanol–water partition coefficient (Wildman–Crippen LogP) is 3.37. The highest BCUT2D eigenvalue weighted by Gasteiger charge is 2.19. The van der Waals surface area contributed by atoms with E-state index in [-0.39, 0.29) is 5.91 Å². The minimum Gasteiger partial charge on any atom is -0.497 e. The molecule has 0 aromatic heterocycles. The van der Waals surface area contributed by atoms with Crippen molar-refractivity contribution in [2.45, 2.75) is 13.5 Å². The predicted molar refractivity (Wildman–Crippen MR) is 112 cm³/mol. The van der Waals surface area contributed by atoms with Crippen LogP contribution in [0.15, 0.2) is 48.5 Å². The molecule has 0 N–H and O–H groups in total. The molecule has 1 fully saturated rings. The largest absolute Gasteiger partial charge is 0.497 e. The molecule has 2 aromatic rings. The summed E-state index contributed by atoms with van der Waals surface area (Å²) in [5.74, 6) is 1.70. The summed E-state index contributed by atoms with van der Waals surface area (Å²) in [5.41, 5.74) is 3.32. The van der Waals surface area contributed by atoms with Gasteiger partial charge in [0.1, 0.15) is 11.5 Å². The maximum atomic E-state index is 12.6. The number of ether oxygens (including phenoxy) is 2. The minimum atomic E-state index is 0.0488. The van der Waals surface area contributed by atoms with Gasteiger partial charge in [-0.1, -0.05) is 23.8 Å². The van der Waals surface area contributed by atoms with E-state index in [9.17, 15) is 4.79 Å². The fourth-order valence-corrected chi connectivity index (χ4v) is 3.37. The summed E-state index contributed by atoms with van der Waals surface area (Å²) in [7, 11) is 3.32. The Hall–Kier alpha value is -2.79. The average Bonchev–Trinajstić information content (AvgIpc) is 2.73. The van der Waals surface area contributed by atoms with Gasteiger partial charge in [-0.15, -0.1) is 0 Å². The average molecular weight is 380 g/mol. The minimum absolute atomic E-state index is 0.0488. The number of methoxy groups -OCH3 is 2. The molecule has 0 spiro atoms. The summed E-state index contributed by atoms with van der Waals surface area (Å²) >= 11 is 0. The number of hydrogen-bond acceptors (Lipinski definition) is 4. The van der Waals surface area contributed by atoms with Crippen LogP contribution in [0.5, 0.6) is 11.5 Å². The molecule has 28 heavy (non-hydrogen) atoms. The Labute approximate surface area is 167 Å². The lowest BCUT2D eigenvalue weighted by atomic mass is 10.1. The zero-order chi connectivity index (χ0) is 19.9. The normalized spacial score (nSPS) is 15.0. The molecule has 0 atom stereocenters. The van der Waals surface area contributed by atoms with Crippen molar-refractivity contribution in [1.82, 2.24) is 9.80 Å². The smallest absolute Gasteiger partial charge is 0.246 e. The van der Waals surface area contributed by atoms with Gasteiger partial charge >= 0.3 is 0 Å². The first-order valence-corrected chi connectivity index (χ1v) is 9.56. The second-order valence-electron chi connectivity index (χ2n) is 7.03. The SMILES string of the molecule is COc1ccc(CN2CCN(C(=O)/C=C/c3cc(C)ccc3OC)CC2)cc1. The topological polar surface area (TPSA) is 42.0 Å². The summed E-state index contributed by atoms with van der Waals surface area (Å²) in [6, 6.07) is 14.1. The Morgan fingerprint density at radius 2 is 1.71 bits per heavy atom. The molecule has 0 radical (unpaired) electrons. The van der Waals surface area contributed by atoms with Crippen LogP contribution in [0.3, 0.4) is 0 Å². The van der Waals surface area contributed by atoms with Crippen molar-refractivity contribution in [3.63, 3.8) is 0 Å². The molecule has 1 amide bonds. The number of carbonyl (C=O) groups excluding carboxylic acids is 1. The second-order valence-corrected chi connectivity index (χ2v) is 7.03. The van der Waals surface area contributed by atoms with E-state index >= 15 is 0 Å². The highest BCUT2D eigenvalue weighted by Crippen LogP contribution is 2.21. The summed E-state index contributed by atoms with van der Waals surface area (Å²) in [6.07, 6.45) is 3.49. The molecule has 2 aromatic carbocycles. The third kappa shape index (κ3) is 5.14. The summed E-state index contributed by atoms with van der Waals surface area (Å²) in [6.45, 7) is 6.15. The molecule has 5 heteroatoms. The zero-order valence-electron chi connectivity index (χ0n) is 16.9. The molecule has 148 valence electrons. The van der Waals surface area contributed by atoms with Crippen LogP contribution in [-0.4, -0.2) is 56.1 Å². The van der Waals surface area contributed by atoms with E-state index in [4.69, 9.17) is 9.47 Å². The number of amides is 1.